The maximum atomic E-state index is 4.98. The van der Waals surface area contributed by atoms with E-state index < -0.39 is 0 Å². The lowest BCUT2D eigenvalue weighted by molar-refractivity contribution is 0.961. The van der Waals surface area contributed by atoms with Gasteiger partial charge in [0.15, 0.2) is 0 Å². The van der Waals surface area contributed by atoms with Gasteiger partial charge in [-0.05, 0) is 12.2 Å². The van der Waals surface area contributed by atoms with Gasteiger partial charge in [-0.2, -0.15) is 9.97 Å². The normalized spacial score (nSPS) is 9.18. The molecule has 5 nitrogen and oxygen atoms in total. The molecule has 0 aliphatic heterocycles. The summed E-state index contributed by atoms with van der Waals surface area (Å²) in [6.45, 7) is 14.6. The van der Waals surface area contributed by atoms with Gasteiger partial charge in [0, 0.05) is 24.8 Å². The molecule has 0 unspecified atom stereocenters. The Morgan fingerprint density at radius 3 is 1.53 bits per heavy atom. The molecule has 0 fully saturated rings. The molecule has 0 aliphatic carbocycles. The number of aromatic amines is 1. The third kappa shape index (κ3) is 2.88. The number of hydrogen-bond donors (Lipinski definition) is 1. The summed E-state index contributed by atoms with van der Waals surface area (Å²) in [5, 5.41) is 0. The standard InChI is InChI=1S/C11H13N5S/c1-5-15(6-2)9-12-10(14-11(17)13-9)16(7-3)8-4/h5-8H,1-4H2,(H,12,13,14,17). The molecule has 1 aromatic rings. The second kappa shape index (κ2) is 5.76. The van der Waals surface area contributed by atoms with E-state index in [4.69, 9.17) is 12.2 Å². The highest BCUT2D eigenvalue weighted by atomic mass is 32.1. The molecule has 0 spiro atoms. The molecule has 0 amide bonds. The smallest absolute Gasteiger partial charge is 0.225 e. The second-order valence-corrected chi connectivity index (χ2v) is 3.19. The molecule has 0 saturated heterocycles. The van der Waals surface area contributed by atoms with Crippen LogP contribution < -0.4 is 9.80 Å². The van der Waals surface area contributed by atoms with Gasteiger partial charge in [0.1, 0.15) is 0 Å². The lowest BCUT2D eigenvalue weighted by Gasteiger charge is -2.17. The summed E-state index contributed by atoms with van der Waals surface area (Å²) in [7, 11) is 0. The Bertz CT molecular complexity index is 448. The maximum Gasteiger partial charge on any atom is 0.225 e. The van der Waals surface area contributed by atoms with E-state index in [-0.39, 0.29) is 4.77 Å². The summed E-state index contributed by atoms with van der Waals surface area (Å²) < 4.78 is 0.205. The Morgan fingerprint density at radius 2 is 1.24 bits per heavy atom. The Kier molecular flexibility index (Phi) is 4.36. The second-order valence-electron chi connectivity index (χ2n) is 2.82. The van der Waals surface area contributed by atoms with Crippen LogP contribution in [-0.4, -0.2) is 15.0 Å². The van der Waals surface area contributed by atoms with Gasteiger partial charge >= 0.3 is 0 Å². The predicted octanol–water partition coefficient (Wildman–Crippen LogP) is 2.72. The number of aromatic nitrogens is 3. The number of H-pyrrole nitrogens is 1. The van der Waals surface area contributed by atoms with E-state index in [2.05, 4.69) is 41.3 Å². The van der Waals surface area contributed by atoms with E-state index in [1.54, 1.807) is 34.6 Å². The minimum absolute atomic E-state index is 0.205. The van der Waals surface area contributed by atoms with Crippen LogP contribution >= 0.6 is 12.2 Å². The average Bonchev–Trinajstić information content (AvgIpc) is 2.31. The third-order valence-electron chi connectivity index (χ3n) is 1.90. The van der Waals surface area contributed by atoms with Crippen LogP contribution in [0.15, 0.2) is 51.1 Å². The van der Waals surface area contributed by atoms with Gasteiger partial charge in [0.05, 0.1) is 0 Å². The van der Waals surface area contributed by atoms with Crippen LogP contribution in [0.5, 0.6) is 0 Å². The molecule has 0 aromatic carbocycles. The number of anilines is 2. The van der Waals surface area contributed by atoms with Gasteiger partial charge < -0.3 is 0 Å². The third-order valence-corrected chi connectivity index (χ3v) is 2.09. The minimum Gasteiger partial charge on any atom is -0.295 e. The summed E-state index contributed by atoms with van der Waals surface area (Å²) >= 11 is 4.98. The van der Waals surface area contributed by atoms with E-state index >= 15 is 0 Å². The summed E-state index contributed by atoms with van der Waals surface area (Å²) in [6, 6.07) is 0. The fourth-order valence-electron chi connectivity index (χ4n) is 1.10. The highest BCUT2D eigenvalue weighted by Crippen LogP contribution is 2.13. The zero-order valence-electron chi connectivity index (χ0n) is 9.33. The lowest BCUT2D eigenvalue weighted by Crippen LogP contribution is -2.15. The van der Waals surface area contributed by atoms with E-state index in [0.717, 1.165) is 0 Å². The van der Waals surface area contributed by atoms with Crippen LogP contribution in [0.2, 0.25) is 0 Å². The number of rotatable bonds is 6. The number of nitrogens with one attached hydrogen (secondary N) is 1. The molecule has 0 saturated carbocycles. The summed E-state index contributed by atoms with van der Waals surface area (Å²) in [5.74, 6) is 0.942. The van der Waals surface area contributed by atoms with Crippen molar-refractivity contribution in [2.45, 2.75) is 0 Å². The molecule has 0 aliphatic rings. The van der Waals surface area contributed by atoms with E-state index in [1.807, 2.05) is 0 Å². The van der Waals surface area contributed by atoms with Gasteiger partial charge in [-0.25, -0.2) is 0 Å². The van der Waals surface area contributed by atoms with Crippen LogP contribution in [0.4, 0.5) is 11.9 Å². The van der Waals surface area contributed by atoms with Gasteiger partial charge in [0.25, 0.3) is 0 Å². The Labute approximate surface area is 105 Å². The van der Waals surface area contributed by atoms with Crippen molar-refractivity contribution in [2.75, 3.05) is 9.80 Å². The number of nitrogens with zero attached hydrogens (tertiary/aromatic N) is 4. The molecule has 1 heterocycles. The minimum atomic E-state index is 0.205. The first-order valence-electron chi connectivity index (χ1n) is 4.71. The van der Waals surface area contributed by atoms with Crippen LogP contribution in [0.25, 0.3) is 0 Å². The molecular weight excluding hydrogens is 234 g/mol. The highest BCUT2D eigenvalue weighted by molar-refractivity contribution is 7.71. The van der Waals surface area contributed by atoms with Crippen molar-refractivity contribution in [1.29, 1.82) is 0 Å². The molecule has 6 heteroatoms. The van der Waals surface area contributed by atoms with Gasteiger partial charge in [0.2, 0.25) is 16.7 Å². The van der Waals surface area contributed by atoms with Crippen molar-refractivity contribution in [2.24, 2.45) is 0 Å². The Hall–Kier alpha value is -2.21. The van der Waals surface area contributed by atoms with Crippen molar-refractivity contribution in [1.82, 2.24) is 15.0 Å². The van der Waals surface area contributed by atoms with Crippen LogP contribution in [0.1, 0.15) is 0 Å². The first-order valence-corrected chi connectivity index (χ1v) is 5.12. The van der Waals surface area contributed by atoms with E-state index in [9.17, 15) is 0 Å². The largest absolute Gasteiger partial charge is 0.295 e. The zero-order valence-corrected chi connectivity index (χ0v) is 10.2. The molecule has 1 rings (SSSR count). The van der Waals surface area contributed by atoms with E-state index in [1.165, 1.54) is 0 Å². The monoisotopic (exact) mass is 247 g/mol. The lowest BCUT2D eigenvalue weighted by atomic mass is 10.6. The topological polar surface area (TPSA) is 48.1 Å². The molecule has 1 aromatic heterocycles. The van der Waals surface area contributed by atoms with E-state index in [0.29, 0.717) is 11.9 Å². The van der Waals surface area contributed by atoms with Crippen molar-refractivity contribution in [3.63, 3.8) is 0 Å². The maximum absolute atomic E-state index is 4.98. The SMILES string of the molecule is C=CN(C=C)c1nc(=S)nc(N(C=C)C=C)[nH]1. The Morgan fingerprint density at radius 1 is 0.882 bits per heavy atom. The summed E-state index contributed by atoms with van der Waals surface area (Å²) in [5.41, 5.74) is 0. The van der Waals surface area contributed by atoms with Crippen LogP contribution in [0, 0.1) is 4.77 Å². The molecule has 0 radical (unpaired) electrons. The average molecular weight is 247 g/mol. The zero-order chi connectivity index (χ0) is 12.8. The molecule has 88 valence electrons. The molecule has 0 bridgehead atoms. The molecular formula is C11H13N5S. The summed E-state index contributed by atoms with van der Waals surface area (Å²) in [6.07, 6.45) is 6.21. The fraction of sp³-hybridized carbons (Fsp3) is 0. The van der Waals surface area contributed by atoms with Crippen molar-refractivity contribution < 1.29 is 0 Å². The molecule has 0 atom stereocenters. The predicted molar refractivity (Wildman–Crippen MR) is 73.0 cm³/mol. The molecule has 17 heavy (non-hydrogen) atoms. The van der Waals surface area contributed by atoms with Gasteiger partial charge in [-0.1, -0.05) is 26.3 Å². The first-order chi connectivity index (χ1) is 8.15. The van der Waals surface area contributed by atoms with Crippen molar-refractivity contribution in [3.05, 3.63) is 55.9 Å². The van der Waals surface area contributed by atoms with Crippen LogP contribution in [0.3, 0.4) is 0 Å². The van der Waals surface area contributed by atoms with Crippen molar-refractivity contribution in [3.8, 4) is 0 Å². The Balaban J connectivity index is 3.31. The van der Waals surface area contributed by atoms with Crippen LogP contribution in [-0.2, 0) is 0 Å². The van der Waals surface area contributed by atoms with Crippen molar-refractivity contribution >= 4 is 24.1 Å². The highest BCUT2D eigenvalue weighted by Gasteiger charge is 2.07. The number of hydrogen-bond acceptors (Lipinski definition) is 5. The quantitative estimate of drug-likeness (QED) is 0.783. The molecule has 1 N–H and O–H groups in total. The van der Waals surface area contributed by atoms with Gasteiger partial charge in [-0.15, -0.1) is 0 Å². The summed E-state index contributed by atoms with van der Waals surface area (Å²) in [4.78, 5) is 14.3. The fourth-order valence-corrected chi connectivity index (χ4v) is 1.27. The first kappa shape index (κ1) is 12.9. The van der Waals surface area contributed by atoms with Gasteiger partial charge in [-0.3, -0.25) is 14.8 Å².